The Balaban J connectivity index is 2.37. The summed E-state index contributed by atoms with van der Waals surface area (Å²) in [4.78, 5) is 12.8. The first kappa shape index (κ1) is 11.9. The highest BCUT2D eigenvalue weighted by Gasteiger charge is 2.23. The quantitative estimate of drug-likeness (QED) is 0.778. The van der Waals surface area contributed by atoms with E-state index in [1.165, 1.54) is 24.3 Å². The van der Waals surface area contributed by atoms with E-state index in [2.05, 4.69) is 4.90 Å². The number of nitrogens with zero attached hydrogens (tertiary/aromatic N) is 1. The van der Waals surface area contributed by atoms with Crippen molar-refractivity contribution in [1.29, 1.82) is 0 Å². The van der Waals surface area contributed by atoms with Crippen molar-refractivity contribution in [3.63, 3.8) is 0 Å². The molecule has 0 aromatic carbocycles. The number of rotatable bonds is 4. The fraction of sp³-hybridized carbons (Fsp3) is 0.900. The molecule has 0 aromatic rings. The lowest BCUT2D eigenvalue weighted by Gasteiger charge is -2.34. The van der Waals surface area contributed by atoms with Gasteiger partial charge in [0.05, 0.1) is 6.42 Å². The van der Waals surface area contributed by atoms with Crippen LogP contribution >= 0.6 is 11.8 Å². The van der Waals surface area contributed by atoms with Gasteiger partial charge < -0.3 is 10.0 Å². The van der Waals surface area contributed by atoms with E-state index in [1.54, 1.807) is 0 Å². The van der Waals surface area contributed by atoms with Crippen molar-refractivity contribution in [3.8, 4) is 0 Å². The first-order valence-corrected chi connectivity index (χ1v) is 6.28. The fourth-order valence-corrected chi connectivity index (χ4v) is 2.93. The van der Waals surface area contributed by atoms with E-state index >= 15 is 0 Å². The van der Waals surface area contributed by atoms with Crippen LogP contribution in [0.2, 0.25) is 0 Å². The van der Waals surface area contributed by atoms with Crippen molar-refractivity contribution in [2.24, 2.45) is 0 Å². The second-order valence-electron chi connectivity index (χ2n) is 3.96. The smallest absolute Gasteiger partial charge is 0.304 e. The summed E-state index contributed by atoms with van der Waals surface area (Å²) in [5.41, 5.74) is 0. The highest BCUT2D eigenvalue weighted by Crippen LogP contribution is 2.22. The van der Waals surface area contributed by atoms with Crippen LogP contribution in [0, 0.1) is 0 Å². The lowest BCUT2D eigenvalue weighted by molar-refractivity contribution is -0.138. The van der Waals surface area contributed by atoms with E-state index in [4.69, 9.17) is 5.11 Å². The predicted molar refractivity (Wildman–Crippen MR) is 59.8 cm³/mol. The Kier molecular flexibility index (Phi) is 4.75. The minimum absolute atomic E-state index is 0.153. The molecule has 4 heteroatoms. The summed E-state index contributed by atoms with van der Waals surface area (Å²) in [5, 5.41) is 8.70. The van der Waals surface area contributed by atoms with Crippen LogP contribution in [0.5, 0.6) is 0 Å². The molecule has 0 radical (unpaired) electrons. The molecule has 0 saturated carbocycles. The first-order valence-electron chi connectivity index (χ1n) is 5.12. The van der Waals surface area contributed by atoms with Crippen LogP contribution in [-0.2, 0) is 4.79 Å². The van der Waals surface area contributed by atoms with Gasteiger partial charge in [-0.2, -0.15) is 11.8 Å². The van der Waals surface area contributed by atoms with E-state index in [1.807, 2.05) is 25.7 Å². The Labute approximate surface area is 89.9 Å². The predicted octanol–water partition coefficient (Wildman–Crippen LogP) is 1.68. The maximum absolute atomic E-state index is 10.6. The molecule has 3 nitrogen and oxygen atoms in total. The van der Waals surface area contributed by atoms with E-state index < -0.39 is 5.97 Å². The summed E-state index contributed by atoms with van der Waals surface area (Å²) in [5.74, 6) is 1.73. The first-order chi connectivity index (χ1) is 6.61. The lowest BCUT2D eigenvalue weighted by Crippen LogP contribution is -2.41. The van der Waals surface area contributed by atoms with Crippen LogP contribution in [0.3, 0.4) is 0 Å². The second kappa shape index (κ2) is 5.61. The summed E-state index contributed by atoms with van der Waals surface area (Å²) < 4.78 is 0. The number of thioether (sulfide) groups is 1. The van der Waals surface area contributed by atoms with Crippen LogP contribution < -0.4 is 0 Å². The molecule has 1 saturated heterocycles. The molecule has 1 N–H and O–H groups in total. The van der Waals surface area contributed by atoms with Gasteiger partial charge >= 0.3 is 5.97 Å². The average molecular weight is 217 g/mol. The molecule has 1 rings (SSSR count). The minimum atomic E-state index is -0.700. The lowest BCUT2D eigenvalue weighted by atomic mass is 10.1. The van der Waals surface area contributed by atoms with Gasteiger partial charge in [-0.05, 0) is 38.3 Å². The molecule has 0 aromatic heterocycles. The van der Waals surface area contributed by atoms with Gasteiger partial charge in [-0.3, -0.25) is 4.79 Å². The highest BCUT2D eigenvalue weighted by atomic mass is 32.2. The molecule has 1 aliphatic rings. The van der Waals surface area contributed by atoms with Crippen LogP contribution in [0.15, 0.2) is 0 Å². The van der Waals surface area contributed by atoms with Gasteiger partial charge in [0.2, 0.25) is 0 Å². The van der Waals surface area contributed by atoms with Gasteiger partial charge in [-0.25, -0.2) is 0 Å². The third-order valence-electron chi connectivity index (χ3n) is 2.93. The largest absolute Gasteiger partial charge is 0.481 e. The van der Waals surface area contributed by atoms with Crippen molar-refractivity contribution in [2.75, 3.05) is 18.6 Å². The molecule has 14 heavy (non-hydrogen) atoms. The van der Waals surface area contributed by atoms with E-state index in [0.29, 0.717) is 6.04 Å². The number of hydrogen-bond acceptors (Lipinski definition) is 3. The molecule has 1 aliphatic heterocycles. The molecular weight excluding hydrogens is 198 g/mol. The zero-order chi connectivity index (χ0) is 10.6. The third-order valence-corrected chi connectivity index (χ3v) is 3.98. The Morgan fingerprint density at radius 2 is 2.14 bits per heavy atom. The molecule has 0 amide bonds. The van der Waals surface area contributed by atoms with Crippen molar-refractivity contribution in [1.82, 2.24) is 4.90 Å². The molecule has 82 valence electrons. The van der Waals surface area contributed by atoms with E-state index in [9.17, 15) is 4.79 Å². The number of aliphatic carboxylic acids is 1. The summed E-state index contributed by atoms with van der Waals surface area (Å²) in [6.45, 7) is 2.00. The van der Waals surface area contributed by atoms with Gasteiger partial charge in [0, 0.05) is 12.1 Å². The molecule has 1 unspecified atom stereocenters. The topological polar surface area (TPSA) is 40.5 Å². The SMILES string of the molecule is CC(CC(=O)O)N(C)C1CCSCC1. The fourth-order valence-electron chi connectivity index (χ4n) is 1.85. The zero-order valence-corrected chi connectivity index (χ0v) is 9.72. The molecule has 0 bridgehead atoms. The van der Waals surface area contributed by atoms with Gasteiger partial charge in [0.25, 0.3) is 0 Å². The monoisotopic (exact) mass is 217 g/mol. The zero-order valence-electron chi connectivity index (χ0n) is 8.90. The molecule has 1 fully saturated rings. The number of carboxylic acid groups (broad SMARTS) is 1. The van der Waals surface area contributed by atoms with Crippen molar-refractivity contribution < 1.29 is 9.90 Å². The number of carbonyl (C=O) groups is 1. The minimum Gasteiger partial charge on any atom is -0.481 e. The Bertz CT molecular complexity index is 193. The maximum atomic E-state index is 10.6. The third kappa shape index (κ3) is 3.50. The molecule has 1 heterocycles. The Hall–Kier alpha value is -0.220. The number of hydrogen-bond donors (Lipinski definition) is 1. The normalized spacial score (nSPS) is 21.1. The van der Waals surface area contributed by atoms with Gasteiger partial charge in [0.15, 0.2) is 0 Å². The van der Waals surface area contributed by atoms with Crippen molar-refractivity contribution in [2.45, 2.75) is 38.3 Å². The molecule has 1 atom stereocenters. The Morgan fingerprint density at radius 1 is 1.57 bits per heavy atom. The van der Waals surface area contributed by atoms with Crippen LogP contribution in [0.1, 0.15) is 26.2 Å². The molecule has 0 spiro atoms. The van der Waals surface area contributed by atoms with Gasteiger partial charge in [0.1, 0.15) is 0 Å². The van der Waals surface area contributed by atoms with Crippen molar-refractivity contribution >= 4 is 17.7 Å². The summed E-state index contributed by atoms with van der Waals surface area (Å²) in [7, 11) is 2.05. The van der Waals surface area contributed by atoms with Gasteiger partial charge in [-0.15, -0.1) is 0 Å². The van der Waals surface area contributed by atoms with E-state index in [0.717, 1.165) is 0 Å². The maximum Gasteiger partial charge on any atom is 0.304 e. The summed E-state index contributed by atoms with van der Waals surface area (Å²) in [6.07, 6.45) is 2.65. The summed E-state index contributed by atoms with van der Waals surface area (Å²) in [6, 6.07) is 0.742. The molecule has 0 aliphatic carbocycles. The number of carboxylic acids is 1. The van der Waals surface area contributed by atoms with Crippen LogP contribution in [-0.4, -0.2) is 46.6 Å². The standard InChI is InChI=1S/C10H19NO2S/c1-8(7-10(12)13)11(2)9-3-5-14-6-4-9/h8-9H,3-7H2,1-2H3,(H,12,13). The van der Waals surface area contributed by atoms with Crippen LogP contribution in [0.4, 0.5) is 0 Å². The molecular formula is C10H19NO2S. The van der Waals surface area contributed by atoms with Crippen LogP contribution in [0.25, 0.3) is 0 Å². The van der Waals surface area contributed by atoms with E-state index in [-0.39, 0.29) is 12.5 Å². The average Bonchev–Trinajstić information content (AvgIpc) is 2.17. The Morgan fingerprint density at radius 3 is 2.64 bits per heavy atom. The van der Waals surface area contributed by atoms with Gasteiger partial charge in [-0.1, -0.05) is 0 Å². The summed E-state index contributed by atoms with van der Waals surface area (Å²) >= 11 is 2.00. The van der Waals surface area contributed by atoms with Crippen molar-refractivity contribution in [3.05, 3.63) is 0 Å². The second-order valence-corrected chi connectivity index (χ2v) is 5.18. The highest BCUT2D eigenvalue weighted by molar-refractivity contribution is 7.99.